The summed E-state index contributed by atoms with van der Waals surface area (Å²) in [6, 6.07) is 0. The number of nitrogens with zero attached hydrogens (tertiary/aromatic N) is 1. The van der Waals surface area contributed by atoms with Crippen LogP contribution < -0.4 is 0 Å². The van der Waals surface area contributed by atoms with E-state index in [0.29, 0.717) is 0 Å². The molecule has 0 rings (SSSR count). The van der Waals surface area contributed by atoms with Crippen molar-refractivity contribution in [3.05, 3.63) is 25.3 Å². The van der Waals surface area contributed by atoms with E-state index in [1.54, 1.807) is 0 Å². The van der Waals surface area contributed by atoms with Crippen LogP contribution in [0.25, 0.3) is 0 Å². The lowest BCUT2D eigenvalue weighted by molar-refractivity contribution is -0.920. The van der Waals surface area contributed by atoms with Crippen LogP contribution in [0.1, 0.15) is 59.3 Å². The van der Waals surface area contributed by atoms with Gasteiger partial charge in [-0.15, -0.1) is 0 Å². The number of hydrogen-bond acceptors (Lipinski definition) is 0. The van der Waals surface area contributed by atoms with E-state index in [1.165, 1.54) is 51.6 Å². The maximum atomic E-state index is 3.97. The summed E-state index contributed by atoms with van der Waals surface area (Å²) in [7, 11) is 0. The van der Waals surface area contributed by atoms with Gasteiger partial charge in [0.15, 0.2) is 0 Å². The minimum atomic E-state index is 0.809. The quantitative estimate of drug-likeness (QED) is 0.244. The topological polar surface area (TPSA) is 0 Å². The zero-order chi connectivity index (χ0) is 14.6. The lowest BCUT2D eigenvalue weighted by Gasteiger charge is -2.39. The normalized spacial score (nSPS) is 13.2. The molecule has 0 bridgehead atoms. The lowest BCUT2D eigenvalue weighted by atomic mass is 10.0. The van der Waals surface area contributed by atoms with Crippen molar-refractivity contribution in [2.45, 2.75) is 59.3 Å². The van der Waals surface area contributed by atoms with Crippen LogP contribution >= 0.6 is 0 Å². The van der Waals surface area contributed by atoms with Gasteiger partial charge in [0.2, 0.25) is 0 Å². The maximum absolute atomic E-state index is 3.97. The second-order valence-corrected chi connectivity index (χ2v) is 6.14. The Labute approximate surface area is 122 Å². The Morgan fingerprint density at radius 3 is 2.00 bits per heavy atom. The molecule has 112 valence electrons. The highest BCUT2D eigenvalue weighted by molar-refractivity contribution is 4.73. The number of rotatable bonds is 13. The van der Waals surface area contributed by atoms with E-state index < -0.39 is 0 Å². The summed E-state index contributed by atoms with van der Waals surface area (Å²) < 4.78 is 1.16. The van der Waals surface area contributed by atoms with Gasteiger partial charge < -0.3 is 4.48 Å². The predicted octanol–water partition coefficient (Wildman–Crippen LogP) is 5.19. The highest BCUT2D eigenvalue weighted by Gasteiger charge is 2.26. The first-order chi connectivity index (χ1) is 9.14. The molecule has 0 heterocycles. The van der Waals surface area contributed by atoms with Crippen molar-refractivity contribution in [1.82, 2.24) is 0 Å². The molecule has 0 aromatic carbocycles. The predicted molar refractivity (Wildman–Crippen MR) is 88.3 cm³/mol. The van der Waals surface area contributed by atoms with Gasteiger partial charge in [0.25, 0.3) is 0 Å². The summed E-state index contributed by atoms with van der Waals surface area (Å²) in [4.78, 5) is 0. The average molecular weight is 266 g/mol. The molecule has 0 saturated heterocycles. The van der Waals surface area contributed by atoms with Crippen molar-refractivity contribution in [2.24, 2.45) is 5.92 Å². The first-order valence-corrected chi connectivity index (χ1v) is 8.21. The van der Waals surface area contributed by atoms with Gasteiger partial charge in [-0.3, -0.25) is 0 Å². The molecule has 19 heavy (non-hydrogen) atoms. The molecular formula is C18H36N+. The fourth-order valence-electron chi connectivity index (χ4n) is 3.03. The molecule has 1 unspecified atom stereocenters. The van der Waals surface area contributed by atoms with Crippen LogP contribution in [0.2, 0.25) is 0 Å². The first-order valence-electron chi connectivity index (χ1n) is 8.21. The molecule has 0 N–H and O–H groups in total. The summed E-state index contributed by atoms with van der Waals surface area (Å²) in [6.45, 7) is 19.6. The number of hydrogen-bond donors (Lipinski definition) is 0. The first kappa shape index (κ1) is 18.4. The van der Waals surface area contributed by atoms with Gasteiger partial charge in [-0.05, 0) is 25.0 Å². The largest absolute Gasteiger partial charge is 0.317 e. The van der Waals surface area contributed by atoms with Gasteiger partial charge in [0, 0.05) is 5.92 Å². The molecule has 0 amide bonds. The standard InChI is InChI=1S/C18H36N/c1-6-10-12-13-18(5)17-19(14-8-3,15-9-4)16-11-7-2/h8-9,18H,3-4,6-7,10-17H2,1-2,5H3/q+1. The average Bonchev–Trinajstić information content (AvgIpc) is 2.37. The molecule has 1 atom stereocenters. The van der Waals surface area contributed by atoms with Crippen LogP contribution in [0, 0.1) is 5.92 Å². The third-order valence-corrected chi connectivity index (χ3v) is 4.02. The summed E-state index contributed by atoms with van der Waals surface area (Å²) in [5, 5.41) is 0. The van der Waals surface area contributed by atoms with Gasteiger partial charge in [-0.2, -0.15) is 0 Å². The molecule has 0 aromatic heterocycles. The van der Waals surface area contributed by atoms with E-state index in [2.05, 4.69) is 46.1 Å². The monoisotopic (exact) mass is 266 g/mol. The van der Waals surface area contributed by atoms with Crippen molar-refractivity contribution < 1.29 is 4.48 Å². The number of unbranched alkanes of at least 4 members (excludes halogenated alkanes) is 3. The maximum Gasteiger partial charge on any atom is 0.0973 e. The van der Waals surface area contributed by atoms with Crippen LogP contribution in [0.5, 0.6) is 0 Å². The smallest absolute Gasteiger partial charge is 0.0973 e. The molecular weight excluding hydrogens is 230 g/mol. The van der Waals surface area contributed by atoms with Gasteiger partial charge in [0.1, 0.15) is 0 Å². The van der Waals surface area contributed by atoms with Crippen LogP contribution in [0.4, 0.5) is 0 Å². The van der Waals surface area contributed by atoms with Gasteiger partial charge in [-0.1, -0.05) is 59.6 Å². The SMILES string of the molecule is C=CC[N+](CC=C)(CCCC)CC(C)CCCCC. The molecule has 0 fully saturated rings. The molecule has 0 aromatic rings. The van der Waals surface area contributed by atoms with Gasteiger partial charge >= 0.3 is 0 Å². The fourth-order valence-corrected chi connectivity index (χ4v) is 3.03. The zero-order valence-corrected chi connectivity index (χ0v) is 13.7. The lowest BCUT2D eigenvalue weighted by Crippen LogP contribution is -2.51. The Hall–Kier alpha value is -0.560. The van der Waals surface area contributed by atoms with Crippen molar-refractivity contribution in [3.8, 4) is 0 Å². The van der Waals surface area contributed by atoms with E-state index in [1.807, 2.05) is 0 Å². The molecule has 0 aliphatic carbocycles. The van der Waals surface area contributed by atoms with Crippen molar-refractivity contribution in [3.63, 3.8) is 0 Å². The molecule has 0 saturated carbocycles. The fraction of sp³-hybridized carbons (Fsp3) is 0.778. The highest BCUT2D eigenvalue weighted by Crippen LogP contribution is 2.18. The molecule has 0 aliphatic rings. The Kier molecular flexibility index (Phi) is 10.9. The highest BCUT2D eigenvalue weighted by atomic mass is 15.3. The molecule has 1 heteroatoms. The second kappa shape index (κ2) is 11.3. The summed E-state index contributed by atoms with van der Waals surface area (Å²) in [5.41, 5.74) is 0. The Balaban J connectivity index is 4.50. The summed E-state index contributed by atoms with van der Waals surface area (Å²) in [6.07, 6.45) is 12.2. The van der Waals surface area contributed by atoms with Crippen molar-refractivity contribution in [2.75, 3.05) is 26.2 Å². The minimum absolute atomic E-state index is 0.809. The second-order valence-electron chi connectivity index (χ2n) is 6.14. The van der Waals surface area contributed by atoms with Gasteiger partial charge in [-0.25, -0.2) is 0 Å². The minimum Gasteiger partial charge on any atom is -0.317 e. The van der Waals surface area contributed by atoms with Crippen LogP contribution in [-0.2, 0) is 0 Å². The Morgan fingerprint density at radius 2 is 1.53 bits per heavy atom. The third-order valence-electron chi connectivity index (χ3n) is 4.02. The van der Waals surface area contributed by atoms with Crippen LogP contribution in [0.15, 0.2) is 25.3 Å². The summed E-state index contributed by atoms with van der Waals surface area (Å²) in [5.74, 6) is 0.809. The van der Waals surface area contributed by atoms with Crippen LogP contribution in [0.3, 0.4) is 0 Å². The van der Waals surface area contributed by atoms with Gasteiger partial charge in [0.05, 0.1) is 26.2 Å². The number of quaternary nitrogens is 1. The molecule has 1 nitrogen and oxygen atoms in total. The van der Waals surface area contributed by atoms with E-state index in [0.717, 1.165) is 23.5 Å². The van der Waals surface area contributed by atoms with E-state index in [4.69, 9.17) is 0 Å². The van der Waals surface area contributed by atoms with E-state index in [-0.39, 0.29) is 0 Å². The summed E-state index contributed by atoms with van der Waals surface area (Å²) >= 11 is 0. The Bertz CT molecular complexity index is 222. The molecule has 0 aliphatic heterocycles. The zero-order valence-electron chi connectivity index (χ0n) is 13.7. The molecule has 0 spiro atoms. The third kappa shape index (κ3) is 8.26. The van der Waals surface area contributed by atoms with E-state index in [9.17, 15) is 0 Å². The van der Waals surface area contributed by atoms with E-state index >= 15 is 0 Å². The van der Waals surface area contributed by atoms with Crippen LogP contribution in [-0.4, -0.2) is 30.7 Å². The van der Waals surface area contributed by atoms with Crippen molar-refractivity contribution in [1.29, 1.82) is 0 Å². The molecule has 0 radical (unpaired) electrons. The van der Waals surface area contributed by atoms with Crippen molar-refractivity contribution >= 4 is 0 Å². The Morgan fingerprint density at radius 1 is 0.947 bits per heavy atom.